The summed E-state index contributed by atoms with van der Waals surface area (Å²) in [4.78, 5) is -0.0111. The van der Waals surface area contributed by atoms with E-state index in [2.05, 4.69) is 0 Å². The van der Waals surface area contributed by atoms with Gasteiger partial charge in [0, 0.05) is 34.3 Å². The Morgan fingerprint density at radius 2 is 2.11 bits per heavy atom. The van der Waals surface area contributed by atoms with Crippen molar-refractivity contribution in [3.63, 3.8) is 0 Å². The predicted molar refractivity (Wildman–Crippen MR) is 72.3 cm³/mol. The lowest BCUT2D eigenvalue weighted by Gasteiger charge is -2.26. The van der Waals surface area contributed by atoms with Crippen LogP contribution in [0.25, 0.3) is 10.9 Å². The molecule has 19 heavy (non-hydrogen) atoms. The molecule has 102 valence electrons. The van der Waals surface area contributed by atoms with Crippen molar-refractivity contribution < 1.29 is 12.8 Å². The third-order valence-corrected chi connectivity index (χ3v) is 5.10. The van der Waals surface area contributed by atoms with Gasteiger partial charge in [-0.25, -0.2) is 12.8 Å². The summed E-state index contributed by atoms with van der Waals surface area (Å²) in [6.07, 6.45) is 5.05. The van der Waals surface area contributed by atoms with Crippen LogP contribution >= 0.6 is 10.7 Å². The van der Waals surface area contributed by atoms with Gasteiger partial charge >= 0.3 is 0 Å². The van der Waals surface area contributed by atoms with E-state index in [0.29, 0.717) is 16.8 Å². The van der Waals surface area contributed by atoms with E-state index < -0.39 is 14.9 Å². The topological polar surface area (TPSA) is 39.1 Å². The second-order valence-corrected chi connectivity index (χ2v) is 7.58. The van der Waals surface area contributed by atoms with E-state index in [9.17, 15) is 12.8 Å². The Morgan fingerprint density at radius 3 is 2.68 bits per heavy atom. The summed E-state index contributed by atoms with van der Waals surface area (Å²) in [6.45, 7) is 0.758. The fourth-order valence-electron chi connectivity index (χ4n) is 2.54. The van der Waals surface area contributed by atoms with Crippen molar-refractivity contribution in [1.82, 2.24) is 4.57 Å². The van der Waals surface area contributed by atoms with Gasteiger partial charge in [-0.05, 0) is 37.0 Å². The van der Waals surface area contributed by atoms with Crippen LogP contribution in [0.15, 0.2) is 29.3 Å². The minimum Gasteiger partial charge on any atom is -0.346 e. The van der Waals surface area contributed by atoms with E-state index >= 15 is 0 Å². The molecule has 0 radical (unpaired) electrons. The highest BCUT2D eigenvalue weighted by Crippen LogP contribution is 2.33. The maximum Gasteiger partial charge on any atom is 0.263 e. The highest BCUT2D eigenvalue weighted by Gasteiger charge is 2.23. The van der Waals surface area contributed by atoms with Gasteiger partial charge in [0.05, 0.1) is 0 Å². The van der Waals surface area contributed by atoms with Gasteiger partial charge in [-0.2, -0.15) is 0 Å². The summed E-state index contributed by atoms with van der Waals surface area (Å²) in [5, 5.41) is 0.356. The van der Waals surface area contributed by atoms with Crippen LogP contribution in [-0.2, 0) is 15.6 Å². The molecular weight excluding hydrogens is 289 g/mol. The fraction of sp³-hybridized carbons (Fsp3) is 0.385. The van der Waals surface area contributed by atoms with Crippen LogP contribution in [-0.4, -0.2) is 13.0 Å². The number of fused-ring (bicyclic) bond motifs is 1. The highest BCUT2D eigenvalue weighted by atomic mass is 35.7. The Morgan fingerprint density at radius 1 is 1.37 bits per heavy atom. The first kappa shape index (κ1) is 12.9. The maximum absolute atomic E-state index is 13.3. The summed E-state index contributed by atoms with van der Waals surface area (Å²) in [5.41, 5.74) is 0.715. The molecule has 1 aliphatic carbocycles. The molecule has 1 fully saturated rings. The number of nitrogens with zero attached hydrogens (tertiary/aromatic N) is 1. The number of benzene rings is 1. The molecule has 1 aliphatic rings. The summed E-state index contributed by atoms with van der Waals surface area (Å²) < 4.78 is 38.3. The Hall–Kier alpha value is -1.07. The SMILES string of the molecule is O=S(=O)(Cl)c1cn(CC2CCC2)c2ccc(F)cc12. The van der Waals surface area contributed by atoms with E-state index in [-0.39, 0.29) is 4.90 Å². The van der Waals surface area contributed by atoms with Crippen LogP contribution in [0.5, 0.6) is 0 Å². The van der Waals surface area contributed by atoms with E-state index in [0.717, 1.165) is 19.4 Å². The zero-order valence-electron chi connectivity index (χ0n) is 10.1. The molecule has 2 aromatic rings. The van der Waals surface area contributed by atoms with E-state index in [1.54, 1.807) is 6.07 Å². The molecule has 1 aromatic heterocycles. The minimum absolute atomic E-state index is 0.0111. The van der Waals surface area contributed by atoms with Gasteiger partial charge in [-0.3, -0.25) is 0 Å². The lowest BCUT2D eigenvalue weighted by molar-refractivity contribution is 0.279. The molecule has 0 atom stereocenters. The summed E-state index contributed by atoms with van der Waals surface area (Å²) >= 11 is 0. The van der Waals surface area contributed by atoms with Gasteiger partial charge in [0.25, 0.3) is 9.05 Å². The van der Waals surface area contributed by atoms with E-state index in [1.807, 2.05) is 4.57 Å². The average Bonchev–Trinajstić information content (AvgIpc) is 2.61. The molecule has 3 nitrogen and oxygen atoms in total. The number of hydrogen-bond donors (Lipinski definition) is 0. The number of rotatable bonds is 3. The van der Waals surface area contributed by atoms with Gasteiger partial charge in [0.15, 0.2) is 0 Å². The summed E-state index contributed by atoms with van der Waals surface area (Å²) in [7, 11) is 1.56. The van der Waals surface area contributed by atoms with Crippen molar-refractivity contribution in [1.29, 1.82) is 0 Å². The Kier molecular flexibility index (Phi) is 3.06. The van der Waals surface area contributed by atoms with E-state index in [1.165, 1.54) is 24.8 Å². The number of halogens is 2. The third-order valence-electron chi connectivity index (χ3n) is 3.75. The quantitative estimate of drug-likeness (QED) is 0.814. The van der Waals surface area contributed by atoms with Gasteiger partial charge in [0.1, 0.15) is 10.7 Å². The van der Waals surface area contributed by atoms with Gasteiger partial charge in [-0.1, -0.05) is 6.42 Å². The zero-order valence-corrected chi connectivity index (χ0v) is 11.7. The Balaban J connectivity index is 2.17. The monoisotopic (exact) mass is 301 g/mol. The van der Waals surface area contributed by atoms with E-state index in [4.69, 9.17) is 10.7 Å². The van der Waals surface area contributed by atoms with Crippen molar-refractivity contribution in [2.24, 2.45) is 5.92 Å². The minimum atomic E-state index is -3.87. The molecule has 0 saturated heterocycles. The molecule has 6 heteroatoms. The van der Waals surface area contributed by atoms with Gasteiger partial charge in [0.2, 0.25) is 0 Å². The fourth-order valence-corrected chi connectivity index (χ4v) is 3.58. The molecular formula is C13H13ClFNO2S. The van der Waals surface area contributed by atoms with Gasteiger partial charge < -0.3 is 4.57 Å². The van der Waals surface area contributed by atoms with Crippen molar-refractivity contribution in [3.05, 3.63) is 30.2 Å². The van der Waals surface area contributed by atoms with Crippen molar-refractivity contribution in [2.75, 3.05) is 0 Å². The van der Waals surface area contributed by atoms with Crippen LogP contribution < -0.4 is 0 Å². The third kappa shape index (κ3) is 2.37. The normalized spacial score (nSPS) is 16.7. The molecule has 1 heterocycles. The van der Waals surface area contributed by atoms with Crippen LogP contribution in [0, 0.1) is 11.7 Å². The van der Waals surface area contributed by atoms with Crippen LogP contribution in [0.3, 0.4) is 0 Å². The number of aromatic nitrogens is 1. The molecule has 1 aromatic carbocycles. The van der Waals surface area contributed by atoms with Gasteiger partial charge in [-0.15, -0.1) is 0 Å². The second kappa shape index (κ2) is 4.49. The van der Waals surface area contributed by atoms with Crippen molar-refractivity contribution in [2.45, 2.75) is 30.7 Å². The van der Waals surface area contributed by atoms with Crippen LogP contribution in [0.2, 0.25) is 0 Å². The smallest absolute Gasteiger partial charge is 0.263 e. The number of hydrogen-bond acceptors (Lipinski definition) is 2. The first-order valence-electron chi connectivity index (χ1n) is 6.18. The van der Waals surface area contributed by atoms with Crippen LogP contribution in [0.1, 0.15) is 19.3 Å². The largest absolute Gasteiger partial charge is 0.346 e. The standard InChI is InChI=1S/C13H13ClFNO2S/c14-19(17,18)13-8-16(7-9-2-1-3-9)12-5-4-10(15)6-11(12)13/h4-6,8-9H,1-3,7H2. The molecule has 3 rings (SSSR count). The summed E-state index contributed by atoms with van der Waals surface area (Å²) in [6, 6.07) is 4.17. The molecule has 1 saturated carbocycles. The molecule has 0 N–H and O–H groups in total. The average molecular weight is 302 g/mol. The highest BCUT2D eigenvalue weighted by molar-refractivity contribution is 8.14. The lowest BCUT2D eigenvalue weighted by Crippen LogP contribution is -2.17. The Bertz CT molecular complexity index is 734. The lowest BCUT2D eigenvalue weighted by atomic mass is 9.85. The zero-order chi connectivity index (χ0) is 13.6. The predicted octanol–water partition coefficient (Wildman–Crippen LogP) is 3.51. The first-order valence-corrected chi connectivity index (χ1v) is 8.49. The summed E-state index contributed by atoms with van der Waals surface area (Å²) in [5.74, 6) is 0.113. The second-order valence-electron chi connectivity index (χ2n) is 5.04. The van der Waals surface area contributed by atoms with Crippen molar-refractivity contribution in [3.8, 4) is 0 Å². The van der Waals surface area contributed by atoms with Crippen molar-refractivity contribution >= 4 is 30.6 Å². The molecule has 0 amide bonds. The molecule has 0 unspecified atom stereocenters. The molecule has 0 bridgehead atoms. The Labute approximate surface area is 115 Å². The maximum atomic E-state index is 13.3. The molecule has 0 aliphatic heterocycles. The van der Waals surface area contributed by atoms with Crippen LogP contribution in [0.4, 0.5) is 4.39 Å². The first-order chi connectivity index (χ1) is 8.95. The molecule has 0 spiro atoms.